The maximum absolute atomic E-state index is 12.1. The highest BCUT2D eigenvalue weighted by atomic mass is 16.2. The van der Waals surface area contributed by atoms with Gasteiger partial charge in [-0.2, -0.15) is 4.98 Å². The van der Waals surface area contributed by atoms with E-state index in [1.165, 1.54) is 10.1 Å². The first-order chi connectivity index (χ1) is 10.5. The third-order valence-corrected chi connectivity index (χ3v) is 3.82. The van der Waals surface area contributed by atoms with E-state index < -0.39 is 11.2 Å². The van der Waals surface area contributed by atoms with E-state index in [1.54, 1.807) is 11.4 Å². The highest BCUT2D eigenvalue weighted by Gasteiger charge is 2.15. The van der Waals surface area contributed by atoms with Gasteiger partial charge >= 0.3 is 5.69 Å². The number of imidazole rings is 2. The first-order valence-electron chi connectivity index (χ1n) is 6.82. The topological polar surface area (TPSA) is 87.9 Å². The molecule has 1 aromatic carbocycles. The lowest BCUT2D eigenvalue weighted by atomic mass is 10.1. The number of hydrogen-bond acceptors (Lipinski definition) is 3. The van der Waals surface area contributed by atoms with Crippen molar-refractivity contribution in [2.24, 2.45) is 7.05 Å². The van der Waals surface area contributed by atoms with Crippen molar-refractivity contribution >= 4 is 16.9 Å². The van der Waals surface area contributed by atoms with E-state index in [1.807, 2.05) is 37.4 Å². The maximum Gasteiger partial charge on any atom is 0.329 e. The molecule has 0 saturated carbocycles. The van der Waals surface area contributed by atoms with Crippen molar-refractivity contribution in [3.05, 3.63) is 56.9 Å². The minimum atomic E-state index is -0.475. The second-order valence-corrected chi connectivity index (χ2v) is 5.33. The van der Waals surface area contributed by atoms with E-state index in [4.69, 9.17) is 0 Å². The van der Waals surface area contributed by atoms with Crippen LogP contribution in [0, 0.1) is 6.92 Å². The summed E-state index contributed by atoms with van der Waals surface area (Å²) in [7, 11) is 1.58. The molecule has 0 radical (unpaired) electrons. The van der Waals surface area contributed by atoms with Crippen LogP contribution in [-0.4, -0.2) is 23.9 Å². The number of fused-ring (bicyclic) bond motifs is 3. The Morgan fingerprint density at radius 2 is 1.82 bits per heavy atom. The number of rotatable bonds is 1. The number of aryl methyl sites for hydroxylation is 2. The van der Waals surface area contributed by atoms with E-state index in [0.29, 0.717) is 16.9 Å². The molecule has 0 aliphatic carbocycles. The summed E-state index contributed by atoms with van der Waals surface area (Å²) in [5.74, 6) is 0.525. The molecular weight excluding hydrogens is 282 g/mol. The molecule has 4 aromatic rings. The second kappa shape index (κ2) is 4.20. The van der Waals surface area contributed by atoms with Gasteiger partial charge in [-0.25, -0.2) is 4.79 Å². The Kier molecular flexibility index (Phi) is 2.41. The Morgan fingerprint density at radius 1 is 1.09 bits per heavy atom. The molecule has 3 aromatic heterocycles. The van der Waals surface area contributed by atoms with Gasteiger partial charge in [0.25, 0.3) is 5.56 Å². The van der Waals surface area contributed by atoms with Crippen molar-refractivity contribution < 1.29 is 0 Å². The van der Waals surface area contributed by atoms with Crippen LogP contribution >= 0.6 is 0 Å². The second-order valence-electron chi connectivity index (χ2n) is 5.33. The number of benzene rings is 1. The van der Waals surface area contributed by atoms with Crippen molar-refractivity contribution in [2.45, 2.75) is 6.92 Å². The summed E-state index contributed by atoms with van der Waals surface area (Å²) in [5, 5.41) is 0. The molecular formula is C15H13N5O2. The number of aromatic nitrogens is 5. The Bertz CT molecular complexity index is 1130. The quantitative estimate of drug-likeness (QED) is 0.552. The molecule has 0 amide bonds. The van der Waals surface area contributed by atoms with Crippen molar-refractivity contribution in [1.82, 2.24) is 23.9 Å². The zero-order valence-corrected chi connectivity index (χ0v) is 12.0. The van der Waals surface area contributed by atoms with E-state index in [9.17, 15) is 9.59 Å². The molecule has 3 heterocycles. The van der Waals surface area contributed by atoms with E-state index in [0.717, 1.165) is 11.3 Å². The van der Waals surface area contributed by atoms with Gasteiger partial charge in [-0.1, -0.05) is 29.8 Å². The summed E-state index contributed by atoms with van der Waals surface area (Å²) in [4.78, 5) is 33.5. The lowest BCUT2D eigenvalue weighted by Gasteiger charge is -1.98. The number of H-pyrrole nitrogens is 2. The fourth-order valence-corrected chi connectivity index (χ4v) is 2.58. The minimum Gasteiger partial charge on any atom is -0.323 e. The first kappa shape index (κ1) is 12.6. The SMILES string of the molecule is Cc1ccc(-c2cn3c(nc4c3c(=O)[nH]c(=O)n4C)[nH]2)cc1. The highest BCUT2D eigenvalue weighted by molar-refractivity contribution is 5.77. The number of aromatic amines is 2. The van der Waals surface area contributed by atoms with Crippen LogP contribution in [-0.2, 0) is 7.05 Å². The predicted octanol–water partition coefficient (Wildman–Crippen LogP) is 1.18. The number of nitrogens with zero attached hydrogens (tertiary/aromatic N) is 3. The van der Waals surface area contributed by atoms with Gasteiger partial charge in [-0.3, -0.25) is 18.7 Å². The minimum absolute atomic E-state index is 0.353. The zero-order valence-electron chi connectivity index (χ0n) is 12.0. The van der Waals surface area contributed by atoms with Gasteiger partial charge in [0.05, 0.1) is 5.69 Å². The monoisotopic (exact) mass is 295 g/mol. The fourth-order valence-electron chi connectivity index (χ4n) is 2.58. The molecule has 0 spiro atoms. The standard InChI is InChI=1S/C15H13N5O2/c1-8-3-5-9(6-4-8)10-7-20-11-12(17-14(20)16-10)19(2)15(22)18-13(11)21/h3-7H,1-2H3,(H,16,17)(H,18,21,22). The zero-order chi connectivity index (χ0) is 15.4. The van der Waals surface area contributed by atoms with Crippen LogP contribution in [0.25, 0.3) is 28.2 Å². The fraction of sp³-hybridized carbons (Fsp3) is 0.133. The van der Waals surface area contributed by atoms with Crippen LogP contribution in [0.1, 0.15) is 5.56 Å². The van der Waals surface area contributed by atoms with Crippen molar-refractivity contribution in [3.8, 4) is 11.3 Å². The molecule has 0 unspecified atom stereocenters. The smallest absolute Gasteiger partial charge is 0.323 e. The van der Waals surface area contributed by atoms with E-state index in [2.05, 4.69) is 15.0 Å². The Labute approximate surface area is 123 Å². The summed E-state index contributed by atoms with van der Waals surface area (Å²) in [6.45, 7) is 2.03. The molecule has 4 rings (SSSR count). The first-order valence-corrected chi connectivity index (χ1v) is 6.82. The van der Waals surface area contributed by atoms with Crippen LogP contribution in [0.5, 0.6) is 0 Å². The number of nitrogens with one attached hydrogen (secondary N) is 2. The number of hydrogen-bond donors (Lipinski definition) is 2. The maximum atomic E-state index is 12.1. The van der Waals surface area contributed by atoms with Gasteiger partial charge in [-0.05, 0) is 12.5 Å². The van der Waals surface area contributed by atoms with Crippen molar-refractivity contribution in [2.75, 3.05) is 0 Å². The van der Waals surface area contributed by atoms with Gasteiger partial charge in [-0.15, -0.1) is 0 Å². The molecule has 0 aliphatic heterocycles. The van der Waals surface area contributed by atoms with Gasteiger partial charge < -0.3 is 4.98 Å². The van der Waals surface area contributed by atoms with Gasteiger partial charge in [0.2, 0.25) is 5.78 Å². The van der Waals surface area contributed by atoms with Gasteiger partial charge in [0, 0.05) is 13.2 Å². The molecule has 22 heavy (non-hydrogen) atoms. The summed E-state index contributed by atoms with van der Waals surface area (Å²) < 4.78 is 2.99. The van der Waals surface area contributed by atoms with Gasteiger partial charge in [0.1, 0.15) is 0 Å². The molecule has 7 heteroatoms. The van der Waals surface area contributed by atoms with Crippen LogP contribution in [0.3, 0.4) is 0 Å². The lowest BCUT2D eigenvalue weighted by Crippen LogP contribution is -2.28. The summed E-state index contributed by atoms with van der Waals surface area (Å²) in [6.07, 6.45) is 1.81. The summed E-state index contributed by atoms with van der Waals surface area (Å²) >= 11 is 0. The normalized spacial score (nSPS) is 11.5. The molecule has 2 N–H and O–H groups in total. The van der Waals surface area contributed by atoms with E-state index in [-0.39, 0.29) is 0 Å². The van der Waals surface area contributed by atoms with Crippen LogP contribution < -0.4 is 11.2 Å². The molecule has 0 atom stereocenters. The predicted molar refractivity (Wildman–Crippen MR) is 83.1 cm³/mol. The van der Waals surface area contributed by atoms with Crippen molar-refractivity contribution in [3.63, 3.8) is 0 Å². The van der Waals surface area contributed by atoms with Crippen molar-refractivity contribution in [1.29, 1.82) is 0 Å². The Balaban J connectivity index is 2.04. The average molecular weight is 295 g/mol. The average Bonchev–Trinajstić information content (AvgIpc) is 3.03. The molecule has 0 aliphatic rings. The molecule has 0 bridgehead atoms. The molecule has 0 fully saturated rings. The Hall–Kier alpha value is -3.09. The third kappa shape index (κ3) is 1.65. The lowest BCUT2D eigenvalue weighted by molar-refractivity contribution is 0.832. The third-order valence-electron chi connectivity index (χ3n) is 3.82. The Morgan fingerprint density at radius 3 is 2.55 bits per heavy atom. The largest absolute Gasteiger partial charge is 0.329 e. The van der Waals surface area contributed by atoms with Crippen LogP contribution in [0.2, 0.25) is 0 Å². The summed E-state index contributed by atoms with van der Waals surface area (Å²) in [6, 6.07) is 8.05. The highest BCUT2D eigenvalue weighted by Crippen LogP contribution is 2.21. The molecule has 0 saturated heterocycles. The molecule has 7 nitrogen and oxygen atoms in total. The van der Waals surface area contributed by atoms with E-state index >= 15 is 0 Å². The van der Waals surface area contributed by atoms with Crippen LogP contribution in [0.4, 0.5) is 0 Å². The summed E-state index contributed by atoms with van der Waals surface area (Å²) in [5.41, 5.74) is 2.83. The van der Waals surface area contributed by atoms with Gasteiger partial charge in [0.15, 0.2) is 11.2 Å². The van der Waals surface area contributed by atoms with Crippen LogP contribution in [0.15, 0.2) is 40.1 Å². The molecule has 110 valence electrons.